The van der Waals surface area contributed by atoms with Crippen molar-refractivity contribution in [2.45, 2.75) is 4.90 Å². The van der Waals surface area contributed by atoms with Crippen molar-refractivity contribution in [1.82, 2.24) is 0 Å². The molecule has 0 aromatic heterocycles. The highest BCUT2D eigenvalue weighted by Gasteiger charge is 2.15. The van der Waals surface area contributed by atoms with Crippen LogP contribution in [-0.2, 0) is 9.84 Å². The Kier molecular flexibility index (Phi) is 3.96. The Balaban J connectivity index is 2.68. The molecule has 0 heterocycles. The van der Waals surface area contributed by atoms with Crippen molar-refractivity contribution < 1.29 is 13.2 Å². The van der Waals surface area contributed by atoms with Crippen molar-refractivity contribution in [2.24, 2.45) is 0 Å². The zero-order valence-electron chi connectivity index (χ0n) is 10.6. The monoisotopic (exact) mass is 340 g/mol. The first kappa shape index (κ1) is 14.1. The smallest absolute Gasteiger partial charge is 0.176 e. The molecule has 3 nitrogen and oxygen atoms in total. The van der Waals surface area contributed by atoms with E-state index in [4.69, 9.17) is 4.74 Å². The molecule has 0 saturated carbocycles. The summed E-state index contributed by atoms with van der Waals surface area (Å²) < 4.78 is 29.7. The molecule has 2 aromatic carbocycles. The maximum atomic E-state index is 11.9. The van der Waals surface area contributed by atoms with E-state index in [1.54, 1.807) is 19.2 Å². The number of benzene rings is 2. The van der Waals surface area contributed by atoms with Crippen molar-refractivity contribution in [1.29, 1.82) is 0 Å². The highest BCUT2D eigenvalue weighted by Crippen LogP contribution is 2.31. The van der Waals surface area contributed by atoms with Gasteiger partial charge in [-0.3, -0.25) is 0 Å². The molecule has 0 aliphatic carbocycles. The van der Waals surface area contributed by atoms with E-state index < -0.39 is 9.84 Å². The molecule has 2 aromatic rings. The van der Waals surface area contributed by atoms with Gasteiger partial charge in [-0.25, -0.2) is 8.42 Å². The van der Waals surface area contributed by atoms with Crippen LogP contribution in [0.4, 0.5) is 0 Å². The fraction of sp³-hybridized carbons (Fsp3) is 0.143. The normalized spacial score (nSPS) is 11.3. The molecule has 19 heavy (non-hydrogen) atoms. The Bertz CT molecular complexity index is 708. The van der Waals surface area contributed by atoms with Crippen molar-refractivity contribution >= 4 is 25.8 Å². The van der Waals surface area contributed by atoms with E-state index in [9.17, 15) is 8.42 Å². The highest BCUT2D eigenvalue weighted by atomic mass is 79.9. The van der Waals surface area contributed by atoms with Gasteiger partial charge in [-0.05, 0) is 29.8 Å². The molecule has 0 aliphatic rings. The van der Waals surface area contributed by atoms with Crippen LogP contribution < -0.4 is 4.74 Å². The molecular formula is C14H13BrO3S. The molecule has 0 bridgehead atoms. The first-order valence-corrected chi connectivity index (χ1v) is 8.24. The molecule has 0 fully saturated rings. The Morgan fingerprint density at radius 2 is 1.84 bits per heavy atom. The van der Waals surface area contributed by atoms with Crippen molar-refractivity contribution in [2.75, 3.05) is 13.4 Å². The molecule has 0 saturated heterocycles. The van der Waals surface area contributed by atoms with E-state index in [1.165, 1.54) is 6.26 Å². The summed E-state index contributed by atoms with van der Waals surface area (Å²) in [4.78, 5) is 0.301. The Labute approximate surface area is 121 Å². The van der Waals surface area contributed by atoms with E-state index >= 15 is 0 Å². The average molecular weight is 341 g/mol. The topological polar surface area (TPSA) is 43.4 Å². The third-order valence-corrected chi connectivity index (χ3v) is 4.35. The number of halogens is 1. The zero-order chi connectivity index (χ0) is 14.0. The Morgan fingerprint density at radius 3 is 2.47 bits per heavy atom. The molecule has 2 rings (SSSR count). The fourth-order valence-corrected chi connectivity index (χ4v) is 3.27. The average Bonchev–Trinajstić information content (AvgIpc) is 2.37. The van der Waals surface area contributed by atoms with Gasteiger partial charge in [-0.1, -0.05) is 34.1 Å². The third kappa shape index (κ3) is 3.16. The minimum atomic E-state index is -3.29. The predicted molar refractivity (Wildman–Crippen MR) is 79.2 cm³/mol. The first-order valence-electron chi connectivity index (χ1n) is 5.56. The van der Waals surface area contributed by atoms with E-state index in [0.29, 0.717) is 16.2 Å². The van der Waals surface area contributed by atoms with Gasteiger partial charge in [0.2, 0.25) is 0 Å². The van der Waals surface area contributed by atoms with Gasteiger partial charge in [0.25, 0.3) is 0 Å². The van der Waals surface area contributed by atoms with Gasteiger partial charge in [0, 0.05) is 16.3 Å². The Morgan fingerprint density at radius 1 is 1.11 bits per heavy atom. The van der Waals surface area contributed by atoms with Gasteiger partial charge in [0.1, 0.15) is 5.75 Å². The van der Waals surface area contributed by atoms with Gasteiger partial charge in [0.15, 0.2) is 9.84 Å². The molecule has 0 radical (unpaired) electrons. The lowest BCUT2D eigenvalue weighted by molar-refractivity contribution is 0.415. The van der Waals surface area contributed by atoms with E-state index in [1.807, 2.05) is 30.3 Å². The van der Waals surface area contributed by atoms with Crippen molar-refractivity contribution in [3.05, 3.63) is 46.9 Å². The summed E-state index contributed by atoms with van der Waals surface area (Å²) in [5.74, 6) is 0.694. The van der Waals surface area contributed by atoms with E-state index in [2.05, 4.69) is 15.9 Å². The molecular weight excluding hydrogens is 328 g/mol. The summed E-state index contributed by atoms with van der Waals surface area (Å²) in [5, 5.41) is 0. The highest BCUT2D eigenvalue weighted by molar-refractivity contribution is 9.10. The first-order chi connectivity index (χ1) is 8.91. The van der Waals surface area contributed by atoms with Gasteiger partial charge in [0.05, 0.1) is 12.0 Å². The fourth-order valence-electron chi connectivity index (χ4n) is 1.83. The van der Waals surface area contributed by atoms with E-state index in [-0.39, 0.29) is 0 Å². The van der Waals surface area contributed by atoms with Crippen LogP contribution in [0, 0.1) is 0 Å². The van der Waals surface area contributed by atoms with Crippen LogP contribution in [0.25, 0.3) is 11.1 Å². The summed E-state index contributed by atoms with van der Waals surface area (Å²) in [5.41, 5.74) is 1.48. The summed E-state index contributed by atoms with van der Waals surface area (Å²) in [6.07, 6.45) is 1.21. The van der Waals surface area contributed by atoms with Crippen molar-refractivity contribution in [3.8, 4) is 16.9 Å². The minimum Gasteiger partial charge on any atom is -0.497 e. The van der Waals surface area contributed by atoms with Crippen LogP contribution in [-0.4, -0.2) is 21.8 Å². The number of rotatable bonds is 3. The number of hydrogen-bond acceptors (Lipinski definition) is 3. The lowest BCUT2D eigenvalue weighted by Gasteiger charge is -2.10. The van der Waals surface area contributed by atoms with Gasteiger partial charge >= 0.3 is 0 Å². The molecule has 0 unspecified atom stereocenters. The van der Waals surface area contributed by atoms with Crippen LogP contribution in [0.2, 0.25) is 0 Å². The quantitative estimate of drug-likeness (QED) is 0.858. The van der Waals surface area contributed by atoms with Crippen LogP contribution >= 0.6 is 15.9 Å². The van der Waals surface area contributed by atoms with E-state index in [0.717, 1.165) is 10.0 Å². The zero-order valence-corrected chi connectivity index (χ0v) is 13.0. The maximum absolute atomic E-state index is 11.9. The minimum absolute atomic E-state index is 0.301. The number of methoxy groups -OCH3 is 1. The van der Waals surface area contributed by atoms with Crippen LogP contribution in [0.5, 0.6) is 5.75 Å². The molecule has 0 aliphatic heterocycles. The van der Waals surface area contributed by atoms with Crippen LogP contribution in [0.15, 0.2) is 51.8 Å². The number of ether oxygens (including phenoxy) is 1. The largest absolute Gasteiger partial charge is 0.497 e. The summed E-state index contributed by atoms with van der Waals surface area (Å²) in [7, 11) is -1.71. The van der Waals surface area contributed by atoms with Crippen LogP contribution in [0.1, 0.15) is 0 Å². The molecule has 100 valence electrons. The molecule has 0 atom stereocenters. The van der Waals surface area contributed by atoms with Crippen LogP contribution in [0.3, 0.4) is 0 Å². The van der Waals surface area contributed by atoms with Gasteiger partial charge in [-0.2, -0.15) is 0 Å². The second-order valence-electron chi connectivity index (χ2n) is 4.14. The van der Waals surface area contributed by atoms with Crippen molar-refractivity contribution in [3.63, 3.8) is 0 Å². The standard InChI is InChI=1S/C14H13BrO3S/c1-18-12-5-3-4-10(8-12)13-7-6-11(15)9-14(13)19(2,16)17/h3-9H,1-2H3. The summed E-state index contributed by atoms with van der Waals surface area (Å²) in [6.45, 7) is 0. The Hall–Kier alpha value is -1.33. The predicted octanol–water partition coefficient (Wildman–Crippen LogP) is 3.53. The van der Waals surface area contributed by atoms with Gasteiger partial charge < -0.3 is 4.74 Å². The summed E-state index contributed by atoms with van der Waals surface area (Å²) >= 11 is 3.30. The third-order valence-electron chi connectivity index (χ3n) is 2.72. The molecule has 5 heteroatoms. The molecule has 0 amide bonds. The second-order valence-corrected chi connectivity index (χ2v) is 7.04. The maximum Gasteiger partial charge on any atom is 0.176 e. The second kappa shape index (κ2) is 5.35. The molecule has 0 N–H and O–H groups in total. The number of sulfone groups is 1. The number of hydrogen-bond donors (Lipinski definition) is 0. The molecule has 0 spiro atoms. The van der Waals surface area contributed by atoms with Gasteiger partial charge in [-0.15, -0.1) is 0 Å². The lowest BCUT2D eigenvalue weighted by Crippen LogP contribution is -2.00. The SMILES string of the molecule is COc1cccc(-c2ccc(Br)cc2S(C)(=O)=O)c1. The summed E-state index contributed by atoms with van der Waals surface area (Å²) in [6, 6.07) is 12.6. The lowest BCUT2D eigenvalue weighted by atomic mass is 10.1.